The number of nitrogens with zero attached hydrogens (tertiary/aromatic N) is 3. The Kier molecular flexibility index (Phi) is 5.38. The van der Waals surface area contributed by atoms with Crippen LogP contribution in [-0.2, 0) is 6.61 Å². The second-order valence-corrected chi connectivity index (χ2v) is 5.47. The molecule has 126 valence electrons. The highest BCUT2D eigenvalue weighted by Crippen LogP contribution is 2.15. The Morgan fingerprint density at radius 2 is 2.08 bits per heavy atom. The highest BCUT2D eigenvalue weighted by molar-refractivity contribution is 6.30. The van der Waals surface area contributed by atoms with Gasteiger partial charge >= 0.3 is 5.69 Å². The van der Waals surface area contributed by atoms with E-state index in [1.165, 1.54) is 6.20 Å². The summed E-state index contributed by atoms with van der Waals surface area (Å²) in [5.74, 6) is 1.01. The number of hydrogen-bond acceptors (Lipinski definition) is 6. The summed E-state index contributed by atoms with van der Waals surface area (Å²) in [7, 11) is 0. The lowest BCUT2D eigenvalue weighted by Crippen LogP contribution is -2.13. The molecule has 2 aromatic carbocycles. The van der Waals surface area contributed by atoms with Crippen LogP contribution in [0.15, 0.2) is 64.6 Å². The van der Waals surface area contributed by atoms with Crippen LogP contribution in [0.25, 0.3) is 0 Å². The molecule has 0 atom stereocenters. The maximum absolute atomic E-state index is 11.0. The number of ether oxygens (including phenoxy) is 1. The van der Waals surface area contributed by atoms with Crippen LogP contribution >= 0.6 is 11.6 Å². The number of H-pyrrole nitrogens is 1. The summed E-state index contributed by atoms with van der Waals surface area (Å²) in [5, 5.41) is 10.5. The maximum Gasteiger partial charge on any atom is 0.363 e. The average Bonchev–Trinajstić information content (AvgIpc) is 2.61. The van der Waals surface area contributed by atoms with E-state index in [9.17, 15) is 4.79 Å². The summed E-state index contributed by atoms with van der Waals surface area (Å²) in [5.41, 5.74) is 3.95. The summed E-state index contributed by atoms with van der Waals surface area (Å²) in [6, 6.07) is 15.0. The molecule has 0 unspecified atom stereocenters. The molecule has 3 rings (SSSR count). The number of rotatable bonds is 6. The number of hydrazone groups is 1. The summed E-state index contributed by atoms with van der Waals surface area (Å²) < 4.78 is 5.71. The molecule has 1 heterocycles. The Morgan fingerprint density at radius 1 is 1.24 bits per heavy atom. The van der Waals surface area contributed by atoms with Crippen molar-refractivity contribution in [2.75, 3.05) is 5.43 Å². The SMILES string of the molecule is O=c1nc(N/N=C/c2ccc(OCc3cccc(Cl)c3)cc2)cn[nH]1. The predicted molar refractivity (Wildman–Crippen MR) is 96.1 cm³/mol. The molecule has 0 aliphatic carbocycles. The zero-order valence-electron chi connectivity index (χ0n) is 13.0. The van der Waals surface area contributed by atoms with E-state index in [0.717, 1.165) is 16.9 Å². The molecule has 0 aliphatic heterocycles. The maximum atomic E-state index is 11.0. The number of nitrogens with one attached hydrogen (secondary N) is 2. The molecule has 8 heteroatoms. The van der Waals surface area contributed by atoms with Gasteiger partial charge in [0.25, 0.3) is 0 Å². The Morgan fingerprint density at radius 3 is 2.84 bits per heavy atom. The minimum atomic E-state index is -0.540. The molecule has 7 nitrogen and oxygen atoms in total. The van der Waals surface area contributed by atoms with Gasteiger partial charge in [0.05, 0.1) is 12.4 Å². The minimum absolute atomic E-state index is 0.265. The Labute approximate surface area is 148 Å². The first-order chi connectivity index (χ1) is 12.2. The highest BCUT2D eigenvalue weighted by atomic mass is 35.5. The number of aromatic nitrogens is 3. The normalized spacial score (nSPS) is 10.8. The minimum Gasteiger partial charge on any atom is -0.489 e. The first kappa shape index (κ1) is 16.7. The van der Waals surface area contributed by atoms with Gasteiger partial charge in [-0.3, -0.25) is 5.43 Å². The van der Waals surface area contributed by atoms with Crippen molar-refractivity contribution in [2.45, 2.75) is 6.61 Å². The zero-order chi connectivity index (χ0) is 17.5. The van der Waals surface area contributed by atoms with Gasteiger partial charge in [-0.25, -0.2) is 9.89 Å². The number of aromatic amines is 1. The topological polar surface area (TPSA) is 92.3 Å². The van der Waals surface area contributed by atoms with Crippen LogP contribution < -0.4 is 15.9 Å². The third-order valence-corrected chi connectivity index (χ3v) is 3.37. The number of benzene rings is 2. The lowest BCUT2D eigenvalue weighted by molar-refractivity contribution is 0.306. The van der Waals surface area contributed by atoms with Crippen LogP contribution in [0.5, 0.6) is 5.75 Å². The van der Waals surface area contributed by atoms with Crippen molar-refractivity contribution in [3.8, 4) is 5.75 Å². The Hall–Kier alpha value is -3.19. The van der Waals surface area contributed by atoms with Gasteiger partial charge in [-0.2, -0.15) is 15.2 Å². The second kappa shape index (κ2) is 8.07. The molecule has 0 fully saturated rings. The number of hydrogen-bond donors (Lipinski definition) is 2. The Bertz CT molecular complexity index is 925. The summed E-state index contributed by atoms with van der Waals surface area (Å²) >= 11 is 5.95. The fraction of sp³-hybridized carbons (Fsp3) is 0.0588. The molecule has 0 saturated carbocycles. The van der Waals surface area contributed by atoms with Crippen LogP contribution in [0.1, 0.15) is 11.1 Å². The largest absolute Gasteiger partial charge is 0.489 e. The molecule has 1 aromatic heterocycles. The average molecular weight is 356 g/mol. The van der Waals surface area contributed by atoms with Crippen LogP contribution in [0.3, 0.4) is 0 Å². The van der Waals surface area contributed by atoms with Crippen LogP contribution in [-0.4, -0.2) is 21.4 Å². The highest BCUT2D eigenvalue weighted by Gasteiger charge is 1.98. The molecule has 0 radical (unpaired) electrons. The van der Waals surface area contributed by atoms with Gasteiger partial charge in [0.2, 0.25) is 0 Å². The molecule has 0 amide bonds. The summed E-state index contributed by atoms with van der Waals surface area (Å²) in [4.78, 5) is 14.7. The van der Waals surface area contributed by atoms with E-state index in [0.29, 0.717) is 11.6 Å². The quantitative estimate of drug-likeness (QED) is 0.524. The van der Waals surface area contributed by atoms with Gasteiger partial charge in [0, 0.05) is 5.02 Å². The molecule has 0 bridgehead atoms. The van der Waals surface area contributed by atoms with Crippen molar-refractivity contribution in [1.82, 2.24) is 15.2 Å². The lowest BCUT2D eigenvalue weighted by Gasteiger charge is -2.06. The molecule has 0 spiro atoms. The first-order valence-electron chi connectivity index (χ1n) is 7.37. The van der Waals surface area contributed by atoms with Crippen molar-refractivity contribution < 1.29 is 4.74 Å². The fourth-order valence-corrected chi connectivity index (χ4v) is 2.20. The molecule has 3 aromatic rings. The van der Waals surface area contributed by atoms with Crippen molar-refractivity contribution in [3.05, 3.63) is 81.4 Å². The molecular weight excluding hydrogens is 342 g/mol. The molecule has 25 heavy (non-hydrogen) atoms. The monoisotopic (exact) mass is 355 g/mol. The fourth-order valence-electron chi connectivity index (χ4n) is 1.98. The zero-order valence-corrected chi connectivity index (χ0v) is 13.8. The summed E-state index contributed by atoms with van der Waals surface area (Å²) in [6.45, 7) is 0.441. The van der Waals surface area contributed by atoms with E-state index in [1.54, 1.807) is 6.21 Å². The van der Waals surface area contributed by atoms with Crippen LogP contribution in [0.2, 0.25) is 5.02 Å². The molecule has 2 N–H and O–H groups in total. The van der Waals surface area contributed by atoms with Crippen molar-refractivity contribution in [2.24, 2.45) is 5.10 Å². The van der Waals surface area contributed by atoms with Gasteiger partial charge in [0.1, 0.15) is 12.4 Å². The third-order valence-electron chi connectivity index (χ3n) is 3.14. The van der Waals surface area contributed by atoms with Crippen molar-refractivity contribution in [1.29, 1.82) is 0 Å². The predicted octanol–water partition coefficient (Wildman–Crippen LogP) is 2.84. The van der Waals surface area contributed by atoms with Gasteiger partial charge in [0.15, 0.2) is 5.82 Å². The van der Waals surface area contributed by atoms with Crippen molar-refractivity contribution in [3.63, 3.8) is 0 Å². The van der Waals surface area contributed by atoms with Crippen LogP contribution in [0.4, 0.5) is 5.82 Å². The molecular formula is C17H14ClN5O2. The van der Waals surface area contributed by atoms with E-state index in [1.807, 2.05) is 48.5 Å². The van der Waals surface area contributed by atoms with E-state index < -0.39 is 5.69 Å². The number of anilines is 1. The molecule has 0 saturated heterocycles. The van der Waals surface area contributed by atoms with Gasteiger partial charge in [-0.1, -0.05) is 23.7 Å². The van der Waals surface area contributed by atoms with E-state index in [4.69, 9.17) is 16.3 Å². The van der Waals surface area contributed by atoms with E-state index >= 15 is 0 Å². The third kappa shape index (κ3) is 5.15. The smallest absolute Gasteiger partial charge is 0.363 e. The number of halogens is 1. The van der Waals surface area contributed by atoms with Gasteiger partial charge < -0.3 is 4.74 Å². The van der Waals surface area contributed by atoms with Gasteiger partial charge in [-0.15, -0.1) is 0 Å². The molecule has 0 aliphatic rings. The standard InChI is InChI=1S/C17H14ClN5O2/c18-14-3-1-2-13(8-14)11-25-15-6-4-12(5-7-15)9-19-22-16-10-20-23-17(24)21-16/h1-10H,11H2,(H2,21,22,23,24)/b19-9+. The Balaban J connectivity index is 1.54. The first-order valence-corrected chi connectivity index (χ1v) is 7.75. The van der Waals surface area contributed by atoms with E-state index in [2.05, 4.69) is 25.7 Å². The van der Waals surface area contributed by atoms with E-state index in [-0.39, 0.29) is 5.82 Å². The van der Waals surface area contributed by atoms with Crippen molar-refractivity contribution >= 4 is 23.6 Å². The second-order valence-electron chi connectivity index (χ2n) is 5.03. The summed E-state index contributed by atoms with van der Waals surface area (Å²) in [6.07, 6.45) is 2.97. The van der Waals surface area contributed by atoms with Gasteiger partial charge in [-0.05, 0) is 47.5 Å². The van der Waals surface area contributed by atoms with Crippen LogP contribution in [0, 0.1) is 0 Å². The lowest BCUT2D eigenvalue weighted by atomic mass is 10.2.